The molecule has 1 fully saturated rings. The van der Waals surface area contributed by atoms with Gasteiger partial charge >= 0.3 is 0 Å². The van der Waals surface area contributed by atoms with Gasteiger partial charge in [0.1, 0.15) is 5.75 Å². The standard InChI is InChI=1S/C18H27N3O3S/c1-23-13-3-10-19-18(25)21-11-8-15(9-12-21)20-17(22)14-4-6-16(24-2)7-5-14/h4-7,15H,3,8-13H2,1-2H3,(H,19,25)(H,20,22). The van der Waals surface area contributed by atoms with E-state index in [1.54, 1.807) is 38.5 Å². The maximum Gasteiger partial charge on any atom is 0.251 e. The second-order valence-electron chi connectivity index (χ2n) is 6.04. The lowest BCUT2D eigenvalue weighted by molar-refractivity contribution is 0.0922. The van der Waals surface area contributed by atoms with E-state index in [1.165, 1.54) is 0 Å². The Morgan fingerprint density at radius 1 is 1.24 bits per heavy atom. The lowest BCUT2D eigenvalue weighted by Gasteiger charge is -2.34. The van der Waals surface area contributed by atoms with Crippen LogP contribution in [0.5, 0.6) is 5.75 Å². The number of hydrogen-bond acceptors (Lipinski definition) is 4. The molecule has 0 radical (unpaired) electrons. The highest BCUT2D eigenvalue weighted by Crippen LogP contribution is 2.14. The molecule has 0 aliphatic carbocycles. The van der Waals surface area contributed by atoms with Crippen molar-refractivity contribution in [1.29, 1.82) is 0 Å². The number of amides is 1. The predicted octanol–water partition coefficient (Wildman–Crippen LogP) is 1.80. The van der Waals surface area contributed by atoms with E-state index in [1.807, 2.05) is 0 Å². The van der Waals surface area contributed by atoms with E-state index in [-0.39, 0.29) is 11.9 Å². The van der Waals surface area contributed by atoms with Crippen LogP contribution in [0, 0.1) is 0 Å². The zero-order valence-corrected chi connectivity index (χ0v) is 15.7. The SMILES string of the molecule is COCCCNC(=S)N1CCC(NC(=O)c2ccc(OC)cc2)CC1. The van der Waals surface area contributed by atoms with Gasteiger partial charge in [0.05, 0.1) is 7.11 Å². The van der Waals surface area contributed by atoms with E-state index < -0.39 is 0 Å². The van der Waals surface area contributed by atoms with Gasteiger partial charge in [0.15, 0.2) is 5.11 Å². The predicted molar refractivity (Wildman–Crippen MR) is 102 cm³/mol. The van der Waals surface area contributed by atoms with Crippen LogP contribution < -0.4 is 15.4 Å². The van der Waals surface area contributed by atoms with Crippen LogP contribution in [0.15, 0.2) is 24.3 Å². The summed E-state index contributed by atoms with van der Waals surface area (Å²) in [5.41, 5.74) is 0.651. The van der Waals surface area contributed by atoms with Crippen LogP contribution in [0.1, 0.15) is 29.6 Å². The van der Waals surface area contributed by atoms with E-state index >= 15 is 0 Å². The molecule has 0 saturated carbocycles. The van der Waals surface area contributed by atoms with Gasteiger partial charge in [-0.25, -0.2) is 0 Å². The molecule has 0 unspecified atom stereocenters. The Morgan fingerprint density at radius 3 is 2.52 bits per heavy atom. The first kappa shape index (κ1) is 19.5. The van der Waals surface area contributed by atoms with E-state index in [4.69, 9.17) is 21.7 Å². The van der Waals surface area contributed by atoms with Crippen molar-refractivity contribution in [2.24, 2.45) is 0 Å². The molecule has 1 amide bonds. The minimum absolute atomic E-state index is 0.0404. The summed E-state index contributed by atoms with van der Waals surface area (Å²) >= 11 is 5.43. The molecule has 0 atom stereocenters. The fourth-order valence-corrected chi connectivity index (χ4v) is 3.05. The van der Waals surface area contributed by atoms with Gasteiger partial charge in [-0.3, -0.25) is 4.79 Å². The van der Waals surface area contributed by atoms with Crippen LogP contribution in [0.25, 0.3) is 0 Å². The number of carbonyl (C=O) groups is 1. The van der Waals surface area contributed by atoms with Crippen molar-refractivity contribution >= 4 is 23.2 Å². The summed E-state index contributed by atoms with van der Waals surface area (Å²) in [4.78, 5) is 14.5. The zero-order valence-electron chi connectivity index (χ0n) is 14.9. The van der Waals surface area contributed by atoms with Crippen molar-refractivity contribution in [2.45, 2.75) is 25.3 Å². The third-order valence-corrected chi connectivity index (χ3v) is 4.67. The quantitative estimate of drug-likeness (QED) is 0.568. The number of piperidine rings is 1. The minimum Gasteiger partial charge on any atom is -0.497 e. The maximum absolute atomic E-state index is 12.3. The van der Waals surface area contributed by atoms with E-state index in [9.17, 15) is 4.79 Å². The highest BCUT2D eigenvalue weighted by atomic mass is 32.1. The third-order valence-electron chi connectivity index (χ3n) is 4.27. The summed E-state index contributed by atoms with van der Waals surface area (Å²) in [6, 6.07) is 7.34. The topological polar surface area (TPSA) is 62.8 Å². The first-order chi connectivity index (χ1) is 12.1. The van der Waals surface area contributed by atoms with Crippen LogP contribution >= 0.6 is 12.2 Å². The van der Waals surface area contributed by atoms with Crippen molar-refractivity contribution < 1.29 is 14.3 Å². The Hall–Kier alpha value is -1.86. The van der Waals surface area contributed by atoms with Crippen LogP contribution in [-0.4, -0.2) is 62.4 Å². The van der Waals surface area contributed by atoms with Crippen molar-refractivity contribution in [2.75, 3.05) is 40.5 Å². The van der Waals surface area contributed by atoms with Crippen molar-refractivity contribution in [1.82, 2.24) is 15.5 Å². The number of rotatable bonds is 7. The summed E-state index contributed by atoms with van der Waals surface area (Å²) in [5.74, 6) is 0.706. The van der Waals surface area contributed by atoms with Gasteiger partial charge in [-0.2, -0.15) is 0 Å². The summed E-state index contributed by atoms with van der Waals surface area (Å²) < 4.78 is 10.1. The normalized spacial score (nSPS) is 14.9. The van der Waals surface area contributed by atoms with Crippen LogP contribution in [0.2, 0.25) is 0 Å². The van der Waals surface area contributed by atoms with Gasteiger partial charge in [0.2, 0.25) is 0 Å². The van der Waals surface area contributed by atoms with E-state index in [0.29, 0.717) is 5.56 Å². The van der Waals surface area contributed by atoms with Gasteiger partial charge in [-0.1, -0.05) is 0 Å². The smallest absolute Gasteiger partial charge is 0.251 e. The number of benzene rings is 1. The molecule has 0 spiro atoms. The number of thiocarbonyl (C=S) groups is 1. The first-order valence-electron chi connectivity index (χ1n) is 8.60. The highest BCUT2D eigenvalue weighted by molar-refractivity contribution is 7.80. The van der Waals surface area contributed by atoms with Crippen LogP contribution in [0.3, 0.4) is 0 Å². The van der Waals surface area contributed by atoms with Crippen molar-refractivity contribution in [3.63, 3.8) is 0 Å². The van der Waals surface area contributed by atoms with E-state index in [0.717, 1.165) is 56.4 Å². The summed E-state index contributed by atoms with van der Waals surface area (Å²) in [7, 11) is 3.31. The molecule has 6 nitrogen and oxygen atoms in total. The van der Waals surface area contributed by atoms with E-state index in [2.05, 4.69) is 15.5 Å². The number of nitrogens with one attached hydrogen (secondary N) is 2. The largest absolute Gasteiger partial charge is 0.497 e. The molecule has 1 aliphatic rings. The van der Waals surface area contributed by atoms with Gasteiger partial charge in [0, 0.05) is 45.0 Å². The molecule has 1 aromatic rings. The zero-order chi connectivity index (χ0) is 18.1. The van der Waals surface area contributed by atoms with Gasteiger partial charge in [-0.05, 0) is 55.7 Å². The molecule has 1 aliphatic heterocycles. The number of ether oxygens (including phenoxy) is 2. The fourth-order valence-electron chi connectivity index (χ4n) is 2.76. The Labute approximate surface area is 154 Å². The number of methoxy groups -OCH3 is 2. The Morgan fingerprint density at radius 2 is 1.92 bits per heavy atom. The highest BCUT2D eigenvalue weighted by Gasteiger charge is 2.22. The lowest BCUT2D eigenvalue weighted by atomic mass is 10.0. The van der Waals surface area contributed by atoms with Gasteiger partial charge < -0.3 is 25.0 Å². The average Bonchev–Trinajstić information content (AvgIpc) is 2.65. The molecule has 138 valence electrons. The maximum atomic E-state index is 12.3. The second kappa shape index (κ2) is 10.2. The molecule has 1 saturated heterocycles. The monoisotopic (exact) mass is 365 g/mol. The average molecular weight is 365 g/mol. The molecule has 0 bridgehead atoms. The van der Waals surface area contributed by atoms with Crippen molar-refractivity contribution in [3.8, 4) is 5.75 Å². The molecule has 2 rings (SSSR count). The molecule has 1 aromatic carbocycles. The molecular weight excluding hydrogens is 338 g/mol. The minimum atomic E-state index is -0.0404. The number of nitrogens with zero attached hydrogens (tertiary/aromatic N) is 1. The molecule has 2 N–H and O–H groups in total. The number of hydrogen-bond donors (Lipinski definition) is 2. The third kappa shape index (κ3) is 6.17. The number of carbonyl (C=O) groups excluding carboxylic acids is 1. The Bertz CT molecular complexity index is 557. The molecule has 0 aromatic heterocycles. The molecule has 7 heteroatoms. The first-order valence-corrected chi connectivity index (χ1v) is 9.01. The molecule has 25 heavy (non-hydrogen) atoms. The lowest BCUT2D eigenvalue weighted by Crippen LogP contribution is -2.49. The number of likely N-dealkylation sites (tertiary alicyclic amines) is 1. The Balaban J connectivity index is 1.72. The summed E-state index contributed by atoms with van der Waals surface area (Å²) in [5, 5.41) is 7.15. The second-order valence-corrected chi connectivity index (χ2v) is 6.43. The molecule has 1 heterocycles. The fraction of sp³-hybridized carbons (Fsp3) is 0.556. The van der Waals surface area contributed by atoms with Gasteiger partial charge in [0.25, 0.3) is 5.91 Å². The summed E-state index contributed by atoms with van der Waals surface area (Å²) in [6.07, 6.45) is 2.72. The summed E-state index contributed by atoms with van der Waals surface area (Å²) in [6.45, 7) is 3.25. The van der Waals surface area contributed by atoms with Crippen molar-refractivity contribution in [3.05, 3.63) is 29.8 Å². The van der Waals surface area contributed by atoms with Crippen LogP contribution in [0.4, 0.5) is 0 Å². The molecular formula is C18H27N3O3S. The van der Waals surface area contributed by atoms with Gasteiger partial charge in [-0.15, -0.1) is 0 Å². The van der Waals surface area contributed by atoms with Crippen LogP contribution in [-0.2, 0) is 4.74 Å². The Kier molecular flexibility index (Phi) is 7.94.